The number of carbonyl (C=O) groups excluding carboxylic acids is 2. The zero-order valence-electron chi connectivity index (χ0n) is 12.9. The van der Waals surface area contributed by atoms with Gasteiger partial charge in [0.1, 0.15) is 0 Å². The van der Waals surface area contributed by atoms with E-state index in [2.05, 4.69) is 15.5 Å². The number of anilines is 1. The Kier molecular flexibility index (Phi) is 6.46. The van der Waals surface area contributed by atoms with E-state index < -0.39 is 17.5 Å². The molecule has 2 N–H and O–H groups in total. The van der Waals surface area contributed by atoms with Crippen molar-refractivity contribution in [2.24, 2.45) is 0 Å². The van der Waals surface area contributed by atoms with Gasteiger partial charge in [0.15, 0.2) is 11.6 Å². The minimum Gasteiger partial charge on any atom is -0.346 e. The van der Waals surface area contributed by atoms with E-state index in [9.17, 15) is 18.4 Å². The molecule has 23 heavy (non-hydrogen) atoms. The van der Waals surface area contributed by atoms with Crippen molar-refractivity contribution in [2.45, 2.75) is 25.7 Å². The molecule has 2 amide bonds. The van der Waals surface area contributed by atoms with Crippen molar-refractivity contribution in [3.05, 3.63) is 29.8 Å². The number of benzene rings is 1. The third-order valence-corrected chi connectivity index (χ3v) is 3.72. The largest absolute Gasteiger partial charge is 0.346 e. The molecule has 7 heteroatoms. The molecule has 126 valence electrons. The van der Waals surface area contributed by atoms with Crippen LogP contribution in [-0.2, 0) is 9.59 Å². The third kappa shape index (κ3) is 5.94. The Morgan fingerprint density at radius 2 is 1.70 bits per heavy atom. The van der Waals surface area contributed by atoms with Crippen LogP contribution in [0, 0.1) is 11.6 Å². The molecule has 0 spiro atoms. The Hall–Kier alpha value is -2.02. The molecule has 0 atom stereocenters. The summed E-state index contributed by atoms with van der Waals surface area (Å²) in [5, 5.41) is 4.94. The van der Waals surface area contributed by atoms with Crippen molar-refractivity contribution in [3.63, 3.8) is 0 Å². The van der Waals surface area contributed by atoms with E-state index in [0.29, 0.717) is 0 Å². The van der Waals surface area contributed by atoms with Gasteiger partial charge in [-0.1, -0.05) is 12.8 Å². The molecule has 0 aliphatic carbocycles. The van der Waals surface area contributed by atoms with Crippen LogP contribution < -0.4 is 10.6 Å². The SMILES string of the molecule is O=C(CN1CCCCCC1)NCC(=O)Nc1ccc(F)c(F)c1. The second-order valence-electron chi connectivity index (χ2n) is 5.64. The summed E-state index contributed by atoms with van der Waals surface area (Å²) in [7, 11) is 0. The minimum atomic E-state index is -1.03. The maximum atomic E-state index is 13.0. The zero-order chi connectivity index (χ0) is 16.7. The Balaban J connectivity index is 1.72. The summed E-state index contributed by atoms with van der Waals surface area (Å²) in [6.45, 7) is 1.87. The van der Waals surface area contributed by atoms with Crippen molar-refractivity contribution in [1.82, 2.24) is 10.2 Å². The average Bonchev–Trinajstić information content (AvgIpc) is 2.78. The van der Waals surface area contributed by atoms with Gasteiger partial charge < -0.3 is 10.6 Å². The van der Waals surface area contributed by atoms with Gasteiger partial charge in [0, 0.05) is 11.8 Å². The highest BCUT2D eigenvalue weighted by atomic mass is 19.2. The maximum absolute atomic E-state index is 13.0. The van der Waals surface area contributed by atoms with Crippen LogP contribution in [0.4, 0.5) is 14.5 Å². The lowest BCUT2D eigenvalue weighted by Crippen LogP contribution is -2.40. The number of nitrogens with zero attached hydrogens (tertiary/aromatic N) is 1. The fraction of sp³-hybridized carbons (Fsp3) is 0.500. The van der Waals surface area contributed by atoms with Crippen LogP contribution in [0.3, 0.4) is 0 Å². The first-order valence-corrected chi connectivity index (χ1v) is 7.78. The van der Waals surface area contributed by atoms with Crippen LogP contribution in [0.5, 0.6) is 0 Å². The third-order valence-electron chi connectivity index (χ3n) is 3.72. The monoisotopic (exact) mass is 325 g/mol. The average molecular weight is 325 g/mol. The van der Waals surface area contributed by atoms with E-state index in [1.54, 1.807) is 0 Å². The summed E-state index contributed by atoms with van der Waals surface area (Å²) in [5.41, 5.74) is 0.149. The highest BCUT2D eigenvalue weighted by Crippen LogP contribution is 2.12. The molecule has 1 saturated heterocycles. The molecular weight excluding hydrogens is 304 g/mol. The van der Waals surface area contributed by atoms with Gasteiger partial charge in [-0.3, -0.25) is 14.5 Å². The number of amides is 2. The van der Waals surface area contributed by atoms with E-state index >= 15 is 0 Å². The summed E-state index contributed by atoms with van der Waals surface area (Å²) in [4.78, 5) is 25.6. The van der Waals surface area contributed by atoms with Gasteiger partial charge in [0.25, 0.3) is 0 Å². The fourth-order valence-electron chi connectivity index (χ4n) is 2.51. The first-order valence-electron chi connectivity index (χ1n) is 7.78. The molecule has 1 aromatic carbocycles. The van der Waals surface area contributed by atoms with Crippen molar-refractivity contribution in [2.75, 3.05) is 31.5 Å². The first kappa shape index (κ1) is 17.3. The molecule has 1 heterocycles. The van der Waals surface area contributed by atoms with Crippen LogP contribution >= 0.6 is 0 Å². The standard InChI is InChI=1S/C16H21F2N3O2/c17-13-6-5-12(9-14(13)18)20-15(22)10-19-16(23)11-21-7-3-1-2-4-8-21/h5-6,9H,1-4,7-8,10-11H2,(H,19,23)(H,20,22). The maximum Gasteiger partial charge on any atom is 0.243 e. The van der Waals surface area contributed by atoms with Gasteiger partial charge in [-0.15, -0.1) is 0 Å². The molecule has 1 aliphatic heterocycles. The van der Waals surface area contributed by atoms with Gasteiger partial charge in [-0.05, 0) is 38.1 Å². The summed E-state index contributed by atoms with van der Waals surface area (Å²) < 4.78 is 25.8. The van der Waals surface area contributed by atoms with Crippen LogP contribution in [-0.4, -0.2) is 42.9 Å². The second-order valence-corrected chi connectivity index (χ2v) is 5.64. The summed E-state index contributed by atoms with van der Waals surface area (Å²) >= 11 is 0. The molecule has 0 unspecified atom stereocenters. The van der Waals surface area contributed by atoms with Crippen LogP contribution in [0.2, 0.25) is 0 Å². The molecule has 1 aliphatic rings. The first-order chi connectivity index (χ1) is 11.0. The number of rotatable bonds is 5. The number of likely N-dealkylation sites (tertiary alicyclic amines) is 1. The lowest BCUT2D eigenvalue weighted by Gasteiger charge is -2.18. The van der Waals surface area contributed by atoms with Crippen molar-refractivity contribution in [1.29, 1.82) is 0 Å². The molecule has 2 rings (SSSR count). The summed E-state index contributed by atoms with van der Waals surface area (Å²) in [5.74, 6) is -2.71. The summed E-state index contributed by atoms with van der Waals surface area (Å²) in [6, 6.07) is 3.09. The Morgan fingerprint density at radius 1 is 1.00 bits per heavy atom. The molecule has 0 radical (unpaired) electrons. The predicted molar refractivity (Wildman–Crippen MR) is 82.9 cm³/mol. The van der Waals surface area contributed by atoms with Crippen molar-refractivity contribution < 1.29 is 18.4 Å². The number of nitrogens with one attached hydrogen (secondary N) is 2. The van der Waals surface area contributed by atoms with Gasteiger partial charge in [0.2, 0.25) is 11.8 Å². The van der Waals surface area contributed by atoms with Crippen molar-refractivity contribution in [3.8, 4) is 0 Å². The number of hydrogen-bond acceptors (Lipinski definition) is 3. The van der Waals surface area contributed by atoms with E-state index in [4.69, 9.17) is 0 Å². The second kappa shape index (κ2) is 8.57. The van der Waals surface area contributed by atoms with Gasteiger partial charge in [0.05, 0.1) is 13.1 Å². The van der Waals surface area contributed by atoms with E-state index in [1.807, 2.05) is 0 Å². The van der Waals surface area contributed by atoms with Crippen LogP contribution in [0.25, 0.3) is 0 Å². The van der Waals surface area contributed by atoms with Crippen LogP contribution in [0.1, 0.15) is 25.7 Å². The Bertz CT molecular complexity index is 558. The molecule has 0 bridgehead atoms. The topological polar surface area (TPSA) is 61.4 Å². The molecule has 1 fully saturated rings. The smallest absolute Gasteiger partial charge is 0.243 e. The van der Waals surface area contributed by atoms with Crippen LogP contribution in [0.15, 0.2) is 18.2 Å². The lowest BCUT2D eigenvalue weighted by atomic mass is 10.2. The Labute approximate surface area is 134 Å². The highest BCUT2D eigenvalue weighted by molar-refractivity contribution is 5.94. The minimum absolute atomic E-state index is 0.149. The van der Waals surface area contributed by atoms with Gasteiger partial charge >= 0.3 is 0 Å². The zero-order valence-corrected chi connectivity index (χ0v) is 12.9. The van der Waals surface area contributed by atoms with E-state index in [1.165, 1.54) is 18.9 Å². The lowest BCUT2D eigenvalue weighted by molar-refractivity contribution is -0.125. The predicted octanol–water partition coefficient (Wildman–Crippen LogP) is 1.90. The molecule has 1 aromatic rings. The normalized spacial score (nSPS) is 15.7. The quantitative estimate of drug-likeness (QED) is 0.869. The number of carbonyl (C=O) groups is 2. The summed E-state index contributed by atoms with van der Waals surface area (Å²) in [6.07, 6.45) is 4.55. The molecule has 5 nitrogen and oxygen atoms in total. The van der Waals surface area contributed by atoms with E-state index in [0.717, 1.165) is 38.1 Å². The van der Waals surface area contributed by atoms with Gasteiger partial charge in [-0.25, -0.2) is 8.78 Å². The van der Waals surface area contributed by atoms with Gasteiger partial charge in [-0.2, -0.15) is 0 Å². The van der Waals surface area contributed by atoms with Crippen molar-refractivity contribution >= 4 is 17.5 Å². The molecule has 0 saturated carbocycles. The Morgan fingerprint density at radius 3 is 2.35 bits per heavy atom. The van der Waals surface area contributed by atoms with E-state index in [-0.39, 0.29) is 24.7 Å². The number of hydrogen-bond donors (Lipinski definition) is 2. The molecule has 0 aromatic heterocycles. The fourth-order valence-corrected chi connectivity index (χ4v) is 2.51. The highest BCUT2D eigenvalue weighted by Gasteiger charge is 2.14. The molecular formula is C16H21F2N3O2. The number of halogens is 2.